The minimum absolute atomic E-state index is 0.00207. The van der Waals surface area contributed by atoms with Gasteiger partial charge in [-0.05, 0) is 56.6 Å². The molecule has 0 bridgehead atoms. The number of carbonyl (C=O) groups excluding carboxylic acids is 2. The summed E-state index contributed by atoms with van der Waals surface area (Å²) in [6.07, 6.45) is 4.71. The van der Waals surface area contributed by atoms with Crippen molar-refractivity contribution in [2.45, 2.75) is 19.8 Å². The van der Waals surface area contributed by atoms with Crippen LogP contribution in [0.2, 0.25) is 0 Å². The molecule has 1 fully saturated rings. The number of pyridine rings is 1. The van der Waals surface area contributed by atoms with E-state index < -0.39 is 5.97 Å². The van der Waals surface area contributed by atoms with E-state index in [-0.39, 0.29) is 11.8 Å². The lowest BCUT2D eigenvalue weighted by molar-refractivity contribution is -0.137. The van der Waals surface area contributed by atoms with Crippen LogP contribution in [0.5, 0.6) is 5.88 Å². The Morgan fingerprint density at radius 1 is 1.25 bits per heavy atom. The fraction of sp³-hybridized carbons (Fsp3) is 0.381. The summed E-state index contributed by atoms with van der Waals surface area (Å²) in [5.74, 6) is 0.0457. The Bertz CT molecular complexity index is 889. The number of piperidine rings is 1. The second-order valence-corrected chi connectivity index (χ2v) is 6.55. The van der Waals surface area contributed by atoms with Crippen LogP contribution in [-0.2, 0) is 14.3 Å². The van der Waals surface area contributed by atoms with Gasteiger partial charge in [-0.1, -0.05) is 6.07 Å². The summed E-state index contributed by atoms with van der Waals surface area (Å²) in [7, 11) is 1.55. The molecular weight excluding hydrogens is 358 g/mol. The molecule has 28 heavy (non-hydrogen) atoms. The number of carbonyl (C=O) groups is 2. The van der Waals surface area contributed by atoms with Crippen LogP contribution in [0, 0.1) is 5.92 Å². The molecule has 7 nitrogen and oxygen atoms in total. The number of benzene rings is 1. The molecule has 2 aromatic rings. The maximum atomic E-state index is 12.7. The van der Waals surface area contributed by atoms with Gasteiger partial charge in [0.1, 0.15) is 0 Å². The Morgan fingerprint density at radius 2 is 2.04 bits per heavy atom. The number of rotatable bonds is 6. The van der Waals surface area contributed by atoms with Crippen molar-refractivity contribution in [3.8, 4) is 5.88 Å². The van der Waals surface area contributed by atoms with Crippen LogP contribution < -0.4 is 15.4 Å². The monoisotopic (exact) mass is 383 g/mol. The van der Waals surface area contributed by atoms with Crippen LogP contribution in [-0.4, -0.2) is 43.7 Å². The lowest BCUT2D eigenvalue weighted by atomic mass is 9.97. The Labute approximate surface area is 164 Å². The van der Waals surface area contributed by atoms with Gasteiger partial charge in [-0.2, -0.15) is 0 Å². The number of amides is 1. The number of nitrogens with one attached hydrogen (secondary N) is 2. The van der Waals surface area contributed by atoms with Crippen molar-refractivity contribution in [3.63, 3.8) is 0 Å². The first-order chi connectivity index (χ1) is 13.6. The summed E-state index contributed by atoms with van der Waals surface area (Å²) in [6, 6.07) is 7.28. The van der Waals surface area contributed by atoms with E-state index in [2.05, 4.69) is 15.6 Å². The molecular formula is C21H25N3O4. The third-order valence-electron chi connectivity index (χ3n) is 4.73. The summed E-state index contributed by atoms with van der Waals surface area (Å²) < 4.78 is 10.2. The molecule has 0 saturated carbocycles. The van der Waals surface area contributed by atoms with Crippen molar-refractivity contribution < 1.29 is 19.1 Å². The summed E-state index contributed by atoms with van der Waals surface area (Å²) in [6.45, 7) is 3.78. The fourth-order valence-electron chi connectivity index (χ4n) is 3.25. The standard InChI is InChI=1S/C21H25N3O4/c1-3-28-19(25)9-5-14-4-7-17(20-16(14)6-8-18(24-20)27-2)23-21(26)15-10-12-22-13-11-15/h4-9,15,22H,3,10-13H2,1-2H3,(H,23,26)/b9-5+. The Hall–Kier alpha value is -2.93. The van der Waals surface area contributed by atoms with Gasteiger partial charge >= 0.3 is 5.97 Å². The van der Waals surface area contributed by atoms with E-state index in [9.17, 15) is 9.59 Å². The lowest BCUT2D eigenvalue weighted by Crippen LogP contribution is -2.34. The van der Waals surface area contributed by atoms with Crippen LogP contribution >= 0.6 is 0 Å². The predicted octanol–water partition coefficient (Wildman–Crippen LogP) is 2.76. The minimum atomic E-state index is -0.402. The normalized spacial score (nSPS) is 14.9. The zero-order valence-corrected chi connectivity index (χ0v) is 16.2. The Balaban J connectivity index is 1.93. The van der Waals surface area contributed by atoms with Gasteiger partial charge < -0.3 is 20.1 Å². The highest BCUT2D eigenvalue weighted by Crippen LogP contribution is 2.29. The number of nitrogens with zero attached hydrogens (tertiary/aromatic N) is 1. The van der Waals surface area contributed by atoms with Crippen molar-refractivity contribution in [1.82, 2.24) is 10.3 Å². The molecule has 1 amide bonds. The summed E-state index contributed by atoms with van der Waals surface area (Å²) in [5, 5.41) is 7.09. The van der Waals surface area contributed by atoms with Gasteiger partial charge in [0.05, 0.1) is 24.9 Å². The topological polar surface area (TPSA) is 89.5 Å². The molecule has 0 aliphatic carbocycles. The predicted molar refractivity (Wildman–Crippen MR) is 108 cm³/mol. The van der Waals surface area contributed by atoms with Crippen molar-refractivity contribution in [3.05, 3.63) is 35.9 Å². The zero-order chi connectivity index (χ0) is 19.9. The molecule has 1 saturated heterocycles. The zero-order valence-electron chi connectivity index (χ0n) is 16.2. The molecule has 2 N–H and O–H groups in total. The summed E-state index contributed by atoms with van der Waals surface area (Å²) in [4.78, 5) is 28.8. The average molecular weight is 383 g/mol. The van der Waals surface area contributed by atoms with Gasteiger partial charge in [0.2, 0.25) is 11.8 Å². The number of fused-ring (bicyclic) bond motifs is 1. The number of esters is 1. The first-order valence-electron chi connectivity index (χ1n) is 9.46. The highest BCUT2D eigenvalue weighted by molar-refractivity contribution is 6.04. The van der Waals surface area contributed by atoms with Crippen LogP contribution in [0.15, 0.2) is 30.3 Å². The van der Waals surface area contributed by atoms with Gasteiger partial charge in [-0.15, -0.1) is 0 Å². The first kappa shape index (κ1) is 19.8. The van der Waals surface area contributed by atoms with Gasteiger partial charge in [-0.3, -0.25) is 4.79 Å². The molecule has 148 valence electrons. The number of hydrogen-bond donors (Lipinski definition) is 2. The average Bonchev–Trinajstić information content (AvgIpc) is 2.73. The van der Waals surface area contributed by atoms with E-state index in [0.29, 0.717) is 23.7 Å². The SMILES string of the molecule is CCOC(=O)/C=C/c1ccc(NC(=O)C2CCNCC2)c2nc(OC)ccc12. The third kappa shape index (κ3) is 4.67. The van der Waals surface area contributed by atoms with E-state index in [0.717, 1.165) is 36.9 Å². The molecule has 0 unspecified atom stereocenters. The van der Waals surface area contributed by atoms with Crippen molar-refractivity contribution in [2.24, 2.45) is 5.92 Å². The molecule has 1 aliphatic rings. The van der Waals surface area contributed by atoms with Crippen molar-refractivity contribution in [1.29, 1.82) is 0 Å². The first-order valence-corrected chi connectivity index (χ1v) is 9.46. The van der Waals surface area contributed by atoms with Crippen LogP contribution in [0.25, 0.3) is 17.0 Å². The largest absolute Gasteiger partial charge is 0.481 e. The van der Waals surface area contributed by atoms with Crippen molar-refractivity contribution >= 4 is 34.5 Å². The number of ether oxygens (including phenoxy) is 2. The van der Waals surface area contributed by atoms with E-state index in [1.165, 1.54) is 6.08 Å². The van der Waals surface area contributed by atoms with Gasteiger partial charge in [0.15, 0.2) is 0 Å². The van der Waals surface area contributed by atoms with Crippen LogP contribution in [0.3, 0.4) is 0 Å². The van der Waals surface area contributed by atoms with Crippen LogP contribution in [0.1, 0.15) is 25.3 Å². The molecule has 2 heterocycles. The molecule has 0 spiro atoms. The smallest absolute Gasteiger partial charge is 0.330 e. The summed E-state index contributed by atoms with van der Waals surface area (Å²) in [5.41, 5.74) is 2.05. The third-order valence-corrected chi connectivity index (χ3v) is 4.73. The quantitative estimate of drug-likeness (QED) is 0.589. The number of methoxy groups -OCH3 is 1. The van der Waals surface area contributed by atoms with E-state index in [4.69, 9.17) is 9.47 Å². The fourth-order valence-corrected chi connectivity index (χ4v) is 3.25. The highest BCUT2D eigenvalue weighted by atomic mass is 16.5. The maximum Gasteiger partial charge on any atom is 0.330 e. The van der Waals surface area contributed by atoms with Crippen molar-refractivity contribution in [2.75, 3.05) is 32.1 Å². The molecule has 1 aromatic heterocycles. The lowest BCUT2D eigenvalue weighted by Gasteiger charge is -2.22. The van der Waals surface area contributed by atoms with E-state index >= 15 is 0 Å². The van der Waals surface area contributed by atoms with Gasteiger partial charge in [-0.25, -0.2) is 9.78 Å². The molecule has 1 aromatic carbocycles. The minimum Gasteiger partial charge on any atom is -0.481 e. The van der Waals surface area contributed by atoms with Crippen LogP contribution in [0.4, 0.5) is 5.69 Å². The molecule has 3 rings (SSSR count). The maximum absolute atomic E-state index is 12.7. The number of hydrogen-bond acceptors (Lipinski definition) is 6. The molecule has 1 aliphatic heterocycles. The molecule has 7 heteroatoms. The highest BCUT2D eigenvalue weighted by Gasteiger charge is 2.22. The molecule has 0 atom stereocenters. The summed E-state index contributed by atoms with van der Waals surface area (Å²) >= 11 is 0. The second kappa shape index (κ2) is 9.32. The number of aromatic nitrogens is 1. The molecule has 0 radical (unpaired) electrons. The van der Waals surface area contributed by atoms with Gasteiger partial charge in [0, 0.05) is 23.4 Å². The second-order valence-electron chi connectivity index (χ2n) is 6.55. The van der Waals surface area contributed by atoms with E-state index in [1.807, 2.05) is 12.1 Å². The van der Waals surface area contributed by atoms with Gasteiger partial charge in [0.25, 0.3) is 0 Å². The Kier molecular flexibility index (Phi) is 6.60. The Morgan fingerprint density at radius 3 is 2.75 bits per heavy atom. The number of anilines is 1. The van der Waals surface area contributed by atoms with E-state index in [1.54, 1.807) is 32.2 Å².